The Hall–Kier alpha value is -4.81. The fourth-order valence-electron chi connectivity index (χ4n) is 2.83. The minimum atomic E-state index is -0.786. The third kappa shape index (κ3) is 5.10. The lowest BCUT2D eigenvalue weighted by atomic mass is 10.1. The van der Waals surface area contributed by atoms with Crippen LogP contribution in [0.2, 0.25) is 0 Å². The first-order valence-corrected chi connectivity index (χ1v) is 9.37. The molecule has 0 radical (unpaired) electrons. The van der Waals surface area contributed by atoms with Crippen molar-refractivity contribution in [1.82, 2.24) is 5.16 Å². The van der Waals surface area contributed by atoms with Crippen LogP contribution in [0.3, 0.4) is 0 Å². The lowest BCUT2D eigenvalue weighted by Gasteiger charge is -2.12. The number of nitro benzene ring substituents is 2. The van der Waals surface area contributed by atoms with Crippen LogP contribution in [-0.4, -0.2) is 26.5 Å². The molecule has 0 saturated heterocycles. The Kier molecular flexibility index (Phi) is 6.62. The molecule has 0 fully saturated rings. The number of nitrogens with zero attached hydrogens (tertiary/aromatic N) is 4. The van der Waals surface area contributed by atoms with Crippen LogP contribution in [0.15, 0.2) is 40.9 Å². The number of hydrogen-bond donors (Lipinski definition) is 0. The van der Waals surface area contributed by atoms with E-state index in [1.807, 2.05) is 0 Å². The highest BCUT2D eigenvalue weighted by molar-refractivity contribution is 5.73. The van der Waals surface area contributed by atoms with Crippen LogP contribution < -0.4 is 9.47 Å². The number of aryl methyl sites for hydroxylation is 1. The van der Waals surface area contributed by atoms with Crippen LogP contribution in [0.5, 0.6) is 17.2 Å². The summed E-state index contributed by atoms with van der Waals surface area (Å²) in [6, 6.07) is 7.65. The van der Waals surface area contributed by atoms with Crippen LogP contribution in [0.4, 0.5) is 17.1 Å². The summed E-state index contributed by atoms with van der Waals surface area (Å²) in [5.41, 5.74) is -0.572. The number of nitro groups is 3. The van der Waals surface area contributed by atoms with Gasteiger partial charge in [-0.15, -0.1) is 0 Å². The maximum Gasteiger partial charge on any atom is 0.338 e. The van der Waals surface area contributed by atoms with E-state index in [-0.39, 0.29) is 41.0 Å². The van der Waals surface area contributed by atoms with Crippen molar-refractivity contribution in [2.75, 3.05) is 6.61 Å². The van der Waals surface area contributed by atoms with Crippen molar-refractivity contribution < 1.29 is 28.8 Å². The fourth-order valence-corrected chi connectivity index (χ4v) is 2.83. The molecule has 1 heterocycles. The minimum absolute atomic E-state index is 0.0303. The molecular formula is C20H16N4O9. The minimum Gasteiger partial charge on any atom is -0.490 e. The second kappa shape index (κ2) is 9.55. The quantitative estimate of drug-likeness (QED) is 0.312. The molecule has 0 spiro atoms. The Morgan fingerprint density at radius 2 is 1.67 bits per heavy atom. The molecule has 0 saturated carbocycles. The van der Waals surface area contributed by atoms with Gasteiger partial charge >= 0.3 is 11.4 Å². The highest BCUT2D eigenvalue weighted by Crippen LogP contribution is 2.38. The zero-order valence-electron chi connectivity index (χ0n) is 17.3. The van der Waals surface area contributed by atoms with Gasteiger partial charge in [-0.2, -0.15) is 0 Å². The Balaban J connectivity index is 1.94. The summed E-state index contributed by atoms with van der Waals surface area (Å²) in [5, 5.41) is 37.0. The Bertz CT molecular complexity index is 1270. The molecule has 0 aliphatic rings. The van der Waals surface area contributed by atoms with E-state index in [4.69, 9.17) is 14.0 Å². The number of rotatable bonds is 9. The molecule has 13 nitrogen and oxygen atoms in total. The summed E-state index contributed by atoms with van der Waals surface area (Å²) in [5.74, 6) is 0.128. The van der Waals surface area contributed by atoms with Gasteiger partial charge in [0.15, 0.2) is 17.2 Å². The van der Waals surface area contributed by atoms with E-state index in [2.05, 4.69) is 5.16 Å². The molecule has 0 atom stereocenters. The van der Waals surface area contributed by atoms with Crippen molar-refractivity contribution in [3.05, 3.63) is 83.8 Å². The molecule has 0 aliphatic carbocycles. The summed E-state index contributed by atoms with van der Waals surface area (Å²) in [4.78, 5) is 31.3. The standard InChI is InChI=1S/C20H16N4O9/c1-3-31-19-10-13(5-8-18-20(24(29)30)12(2)21-33-18)4-7-17(19)32-16-9-6-14(22(25)26)11-15(16)23(27)28/h4-11H,3H2,1-2H3/b8-5-. The van der Waals surface area contributed by atoms with Gasteiger partial charge in [0.1, 0.15) is 0 Å². The van der Waals surface area contributed by atoms with Gasteiger partial charge in [-0.25, -0.2) is 0 Å². The SMILES string of the molecule is CCOc1cc(/C=C\c2onc(C)c2[N+](=O)[O-])ccc1Oc1ccc([N+](=O)[O-])cc1[N+](=O)[O-]. The second-order valence-electron chi connectivity index (χ2n) is 6.48. The Morgan fingerprint density at radius 3 is 2.30 bits per heavy atom. The number of aromatic nitrogens is 1. The van der Waals surface area contributed by atoms with E-state index in [0.717, 1.165) is 18.2 Å². The van der Waals surface area contributed by atoms with Crippen molar-refractivity contribution in [1.29, 1.82) is 0 Å². The molecular weight excluding hydrogens is 440 g/mol. The molecule has 0 unspecified atom stereocenters. The van der Waals surface area contributed by atoms with E-state index < -0.39 is 26.1 Å². The molecule has 0 aliphatic heterocycles. The van der Waals surface area contributed by atoms with Crippen LogP contribution in [0.1, 0.15) is 23.9 Å². The average molecular weight is 456 g/mol. The topological polar surface area (TPSA) is 174 Å². The molecule has 33 heavy (non-hydrogen) atoms. The monoisotopic (exact) mass is 456 g/mol. The average Bonchev–Trinajstić information content (AvgIpc) is 3.14. The Morgan fingerprint density at radius 1 is 0.939 bits per heavy atom. The second-order valence-corrected chi connectivity index (χ2v) is 6.48. The molecule has 170 valence electrons. The van der Waals surface area contributed by atoms with E-state index in [0.29, 0.717) is 5.56 Å². The summed E-state index contributed by atoms with van der Waals surface area (Å²) in [6.45, 7) is 3.43. The van der Waals surface area contributed by atoms with E-state index >= 15 is 0 Å². The zero-order valence-corrected chi connectivity index (χ0v) is 17.3. The number of benzene rings is 2. The van der Waals surface area contributed by atoms with Crippen molar-refractivity contribution in [3.8, 4) is 17.2 Å². The predicted molar refractivity (Wildman–Crippen MR) is 114 cm³/mol. The first-order valence-electron chi connectivity index (χ1n) is 9.37. The summed E-state index contributed by atoms with van der Waals surface area (Å²) < 4.78 is 16.2. The molecule has 0 N–H and O–H groups in total. The molecule has 13 heteroatoms. The maximum atomic E-state index is 11.3. The van der Waals surface area contributed by atoms with E-state index in [1.165, 1.54) is 25.1 Å². The van der Waals surface area contributed by atoms with Gasteiger partial charge in [0, 0.05) is 6.07 Å². The number of hydrogen-bond acceptors (Lipinski definition) is 10. The lowest BCUT2D eigenvalue weighted by Crippen LogP contribution is -1.99. The number of non-ortho nitro benzene ring substituents is 1. The van der Waals surface area contributed by atoms with Gasteiger partial charge in [-0.05, 0) is 43.7 Å². The van der Waals surface area contributed by atoms with E-state index in [9.17, 15) is 30.3 Å². The smallest absolute Gasteiger partial charge is 0.338 e. The highest BCUT2D eigenvalue weighted by Gasteiger charge is 2.23. The summed E-state index contributed by atoms with van der Waals surface area (Å²) in [6.07, 6.45) is 2.92. The zero-order chi connectivity index (χ0) is 24.1. The van der Waals surface area contributed by atoms with Crippen molar-refractivity contribution >= 4 is 29.2 Å². The molecule has 1 aromatic heterocycles. The van der Waals surface area contributed by atoms with Gasteiger partial charge < -0.3 is 14.0 Å². The van der Waals surface area contributed by atoms with Gasteiger partial charge in [0.2, 0.25) is 11.5 Å². The summed E-state index contributed by atoms with van der Waals surface area (Å²) in [7, 11) is 0. The highest BCUT2D eigenvalue weighted by atomic mass is 16.6. The fraction of sp³-hybridized carbons (Fsp3) is 0.150. The molecule has 3 rings (SSSR count). The lowest BCUT2D eigenvalue weighted by molar-refractivity contribution is -0.394. The van der Waals surface area contributed by atoms with Crippen LogP contribution in [0, 0.1) is 37.3 Å². The van der Waals surface area contributed by atoms with Crippen molar-refractivity contribution in [3.63, 3.8) is 0 Å². The first kappa shape index (κ1) is 22.9. The third-order valence-electron chi connectivity index (χ3n) is 4.30. The first-order chi connectivity index (χ1) is 15.7. The van der Waals surface area contributed by atoms with Crippen LogP contribution >= 0.6 is 0 Å². The Labute approximate surface area is 185 Å². The third-order valence-corrected chi connectivity index (χ3v) is 4.30. The van der Waals surface area contributed by atoms with Gasteiger partial charge in [0.05, 0.1) is 27.4 Å². The van der Waals surface area contributed by atoms with Crippen LogP contribution in [-0.2, 0) is 0 Å². The maximum absolute atomic E-state index is 11.3. The van der Waals surface area contributed by atoms with Gasteiger partial charge in [-0.1, -0.05) is 17.3 Å². The largest absolute Gasteiger partial charge is 0.490 e. The normalized spacial score (nSPS) is 10.8. The molecule has 2 aromatic carbocycles. The van der Waals surface area contributed by atoms with Gasteiger partial charge in [0.25, 0.3) is 5.69 Å². The van der Waals surface area contributed by atoms with Crippen molar-refractivity contribution in [2.24, 2.45) is 0 Å². The van der Waals surface area contributed by atoms with E-state index in [1.54, 1.807) is 19.1 Å². The molecule has 0 amide bonds. The van der Waals surface area contributed by atoms with Crippen molar-refractivity contribution in [2.45, 2.75) is 13.8 Å². The van der Waals surface area contributed by atoms with Crippen LogP contribution in [0.25, 0.3) is 12.2 Å². The predicted octanol–water partition coefficient (Wildman–Crippen LogP) is 5.07. The molecule has 0 bridgehead atoms. The molecule has 3 aromatic rings. The number of ether oxygens (including phenoxy) is 2. The summed E-state index contributed by atoms with van der Waals surface area (Å²) >= 11 is 0. The van der Waals surface area contributed by atoms with Gasteiger partial charge in [-0.3, -0.25) is 30.3 Å².